The molecule has 0 saturated carbocycles. The van der Waals surface area contributed by atoms with Gasteiger partial charge in [-0.1, -0.05) is 28.1 Å². The van der Waals surface area contributed by atoms with Crippen LogP contribution in [-0.4, -0.2) is 24.0 Å². The molecule has 22 heavy (non-hydrogen) atoms. The first-order valence-electron chi connectivity index (χ1n) is 6.87. The van der Waals surface area contributed by atoms with Gasteiger partial charge in [0, 0.05) is 18.1 Å². The van der Waals surface area contributed by atoms with Crippen molar-refractivity contribution in [3.63, 3.8) is 0 Å². The second-order valence-electron chi connectivity index (χ2n) is 5.03. The van der Waals surface area contributed by atoms with Crippen LogP contribution in [0.15, 0.2) is 53.0 Å². The number of carbonyl (C=O) groups is 1. The number of rotatable bonds is 5. The maximum absolute atomic E-state index is 12.9. The van der Waals surface area contributed by atoms with Gasteiger partial charge in [0.2, 0.25) is 0 Å². The van der Waals surface area contributed by atoms with Crippen LogP contribution in [0.3, 0.4) is 0 Å². The van der Waals surface area contributed by atoms with Crippen LogP contribution < -0.4 is 4.74 Å². The summed E-state index contributed by atoms with van der Waals surface area (Å²) in [6, 6.07) is 13.4. The average Bonchev–Trinajstić information content (AvgIpc) is 2.51. The first-order chi connectivity index (χ1) is 10.5. The molecule has 0 fully saturated rings. The van der Waals surface area contributed by atoms with Crippen molar-refractivity contribution in [2.75, 3.05) is 7.05 Å². The Balaban J connectivity index is 1.94. The van der Waals surface area contributed by atoms with E-state index in [4.69, 9.17) is 4.74 Å². The van der Waals surface area contributed by atoms with Crippen LogP contribution in [0, 0.1) is 5.82 Å². The molecule has 0 aliphatic rings. The van der Waals surface area contributed by atoms with Crippen molar-refractivity contribution in [2.45, 2.75) is 19.6 Å². The molecule has 0 saturated heterocycles. The van der Waals surface area contributed by atoms with E-state index in [2.05, 4.69) is 15.9 Å². The Morgan fingerprint density at radius 3 is 2.36 bits per heavy atom. The molecule has 0 heterocycles. The maximum atomic E-state index is 12.9. The van der Waals surface area contributed by atoms with E-state index in [-0.39, 0.29) is 11.7 Å². The van der Waals surface area contributed by atoms with E-state index in [1.54, 1.807) is 43.1 Å². The molecular weight excluding hydrogens is 349 g/mol. The Morgan fingerprint density at radius 1 is 1.18 bits per heavy atom. The van der Waals surface area contributed by atoms with Gasteiger partial charge in [-0.05, 0) is 48.9 Å². The van der Waals surface area contributed by atoms with Crippen LogP contribution in [0.1, 0.15) is 12.5 Å². The van der Waals surface area contributed by atoms with Gasteiger partial charge < -0.3 is 9.64 Å². The minimum Gasteiger partial charge on any atom is -0.481 e. The molecule has 1 amide bonds. The van der Waals surface area contributed by atoms with Crippen molar-refractivity contribution in [3.05, 3.63) is 64.4 Å². The first-order valence-corrected chi connectivity index (χ1v) is 7.66. The van der Waals surface area contributed by atoms with Crippen molar-refractivity contribution in [2.24, 2.45) is 0 Å². The van der Waals surface area contributed by atoms with E-state index in [1.807, 2.05) is 12.1 Å². The molecule has 0 aromatic heterocycles. The largest absolute Gasteiger partial charge is 0.481 e. The zero-order chi connectivity index (χ0) is 16.1. The minimum absolute atomic E-state index is 0.132. The first kappa shape index (κ1) is 16.5. The molecule has 0 aliphatic carbocycles. The molecule has 5 heteroatoms. The number of benzene rings is 2. The Labute approximate surface area is 137 Å². The summed E-state index contributed by atoms with van der Waals surface area (Å²) in [7, 11) is 1.70. The fourth-order valence-corrected chi connectivity index (χ4v) is 2.28. The van der Waals surface area contributed by atoms with Gasteiger partial charge in [0.15, 0.2) is 6.10 Å². The lowest BCUT2D eigenvalue weighted by atomic mass is 10.2. The van der Waals surface area contributed by atoms with Crippen molar-refractivity contribution in [1.29, 1.82) is 0 Å². The molecule has 0 radical (unpaired) electrons. The Hall–Kier alpha value is -1.88. The highest BCUT2D eigenvalue weighted by Crippen LogP contribution is 2.18. The molecule has 0 spiro atoms. The number of nitrogens with zero attached hydrogens (tertiary/aromatic N) is 1. The Bertz CT molecular complexity index is 573. The summed E-state index contributed by atoms with van der Waals surface area (Å²) in [6.07, 6.45) is -0.591. The molecular formula is C17H17BrFNO2. The highest BCUT2D eigenvalue weighted by Gasteiger charge is 2.19. The molecule has 2 aromatic rings. The Kier molecular flexibility index (Phi) is 5.55. The van der Waals surface area contributed by atoms with Gasteiger partial charge in [-0.3, -0.25) is 4.79 Å². The number of carbonyl (C=O) groups excluding carboxylic acids is 1. The summed E-state index contributed by atoms with van der Waals surface area (Å²) in [5.41, 5.74) is 0.869. The van der Waals surface area contributed by atoms with E-state index < -0.39 is 6.10 Å². The summed E-state index contributed by atoms with van der Waals surface area (Å²) in [6.45, 7) is 2.12. The third kappa shape index (κ3) is 4.56. The number of halogens is 2. The van der Waals surface area contributed by atoms with Crippen LogP contribution in [0.4, 0.5) is 4.39 Å². The number of hydrogen-bond acceptors (Lipinski definition) is 2. The van der Waals surface area contributed by atoms with Crippen LogP contribution in [0.25, 0.3) is 0 Å². The highest BCUT2D eigenvalue weighted by atomic mass is 79.9. The molecule has 1 unspecified atom stereocenters. The van der Waals surface area contributed by atoms with E-state index >= 15 is 0 Å². The molecule has 0 N–H and O–H groups in total. The van der Waals surface area contributed by atoms with Crippen LogP contribution in [-0.2, 0) is 11.3 Å². The fourth-order valence-electron chi connectivity index (χ4n) is 2.02. The predicted molar refractivity (Wildman–Crippen MR) is 87.1 cm³/mol. The van der Waals surface area contributed by atoms with Gasteiger partial charge in [-0.25, -0.2) is 4.39 Å². The second-order valence-corrected chi connectivity index (χ2v) is 5.95. The fraction of sp³-hybridized carbons (Fsp3) is 0.235. The summed E-state index contributed by atoms with van der Waals surface area (Å²) in [5.74, 6) is 0.219. The van der Waals surface area contributed by atoms with Crippen molar-refractivity contribution < 1.29 is 13.9 Å². The monoisotopic (exact) mass is 365 g/mol. The number of ether oxygens (including phenoxy) is 1. The summed E-state index contributed by atoms with van der Waals surface area (Å²) < 4.78 is 19.5. The molecule has 2 rings (SSSR count). The van der Waals surface area contributed by atoms with Crippen LogP contribution >= 0.6 is 15.9 Å². The zero-order valence-corrected chi connectivity index (χ0v) is 14.0. The van der Waals surface area contributed by atoms with Gasteiger partial charge in [0.1, 0.15) is 11.6 Å². The normalized spacial score (nSPS) is 11.8. The molecule has 0 aliphatic heterocycles. The molecule has 3 nitrogen and oxygen atoms in total. The summed E-state index contributed by atoms with van der Waals surface area (Å²) >= 11 is 3.35. The number of hydrogen-bond donors (Lipinski definition) is 0. The summed E-state index contributed by atoms with van der Waals surface area (Å²) in [5, 5.41) is 0. The second kappa shape index (κ2) is 7.40. The van der Waals surface area contributed by atoms with Gasteiger partial charge in [0.05, 0.1) is 0 Å². The van der Waals surface area contributed by atoms with Gasteiger partial charge in [0.25, 0.3) is 5.91 Å². The summed E-state index contributed by atoms with van der Waals surface area (Å²) in [4.78, 5) is 13.9. The van der Waals surface area contributed by atoms with Gasteiger partial charge in [-0.15, -0.1) is 0 Å². The third-order valence-corrected chi connectivity index (χ3v) is 3.71. The van der Waals surface area contributed by atoms with Gasteiger partial charge in [-0.2, -0.15) is 0 Å². The van der Waals surface area contributed by atoms with Crippen LogP contribution in [0.2, 0.25) is 0 Å². The standard InChI is InChI=1S/C17H17BrFNO2/c1-12(22-16-9-5-14(18)6-10-16)17(21)20(2)11-13-3-7-15(19)8-4-13/h3-10,12H,11H2,1-2H3. The van der Waals surface area contributed by atoms with E-state index in [9.17, 15) is 9.18 Å². The van der Waals surface area contributed by atoms with Gasteiger partial charge >= 0.3 is 0 Å². The lowest BCUT2D eigenvalue weighted by Gasteiger charge is -2.22. The maximum Gasteiger partial charge on any atom is 0.263 e. The van der Waals surface area contributed by atoms with Crippen molar-refractivity contribution >= 4 is 21.8 Å². The molecule has 0 bridgehead atoms. The average molecular weight is 366 g/mol. The Morgan fingerprint density at radius 2 is 1.77 bits per heavy atom. The van der Waals surface area contributed by atoms with Crippen molar-refractivity contribution in [1.82, 2.24) is 4.90 Å². The molecule has 2 aromatic carbocycles. The predicted octanol–water partition coefficient (Wildman–Crippen LogP) is 4.01. The van der Waals surface area contributed by atoms with E-state index in [1.165, 1.54) is 12.1 Å². The van der Waals surface area contributed by atoms with Crippen LogP contribution in [0.5, 0.6) is 5.75 Å². The highest BCUT2D eigenvalue weighted by molar-refractivity contribution is 9.10. The smallest absolute Gasteiger partial charge is 0.263 e. The molecule has 116 valence electrons. The lowest BCUT2D eigenvalue weighted by molar-refractivity contribution is -0.137. The number of likely N-dealkylation sites (N-methyl/N-ethyl adjacent to an activating group) is 1. The molecule has 1 atom stereocenters. The van der Waals surface area contributed by atoms with Crippen molar-refractivity contribution in [3.8, 4) is 5.75 Å². The van der Waals surface area contributed by atoms with E-state index in [0.717, 1.165) is 10.0 Å². The lowest BCUT2D eigenvalue weighted by Crippen LogP contribution is -2.37. The third-order valence-electron chi connectivity index (χ3n) is 3.18. The number of amides is 1. The topological polar surface area (TPSA) is 29.5 Å². The van der Waals surface area contributed by atoms with E-state index in [0.29, 0.717) is 12.3 Å². The SMILES string of the molecule is CC(Oc1ccc(Br)cc1)C(=O)N(C)Cc1ccc(F)cc1. The zero-order valence-electron chi connectivity index (χ0n) is 12.4. The quantitative estimate of drug-likeness (QED) is 0.800. The minimum atomic E-state index is -0.591.